The lowest BCUT2D eigenvalue weighted by atomic mass is 9.87. The monoisotopic (exact) mass is 416 g/mol. The zero-order valence-corrected chi connectivity index (χ0v) is 19.7. The molecule has 3 rings (SSSR count). The first kappa shape index (κ1) is 23.1. The van der Waals surface area contributed by atoms with E-state index in [0.717, 1.165) is 51.3 Å². The van der Waals surface area contributed by atoms with Crippen LogP contribution in [-0.4, -0.2) is 66.7 Å². The molecule has 2 aliphatic rings. The first-order valence-corrected chi connectivity index (χ1v) is 11.6. The zero-order chi connectivity index (χ0) is 21.9. The van der Waals surface area contributed by atoms with Crippen LogP contribution in [0.2, 0.25) is 0 Å². The highest BCUT2D eigenvalue weighted by atomic mass is 16.5. The largest absolute Gasteiger partial charge is 0.481 e. The molecule has 2 saturated heterocycles. The molecule has 0 aromatic heterocycles. The number of hydrogen-bond donors (Lipinski definition) is 0. The first-order valence-electron chi connectivity index (χ1n) is 11.6. The van der Waals surface area contributed by atoms with Crippen LogP contribution in [0.4, 0.5) is 0 Å². The molecule has 2 aliphatic heterocycles. The second-order valence-corrected chi connectivity index (χ2v) is 10.3. The van der Waals surface area contributed by atoms with E-state index in [1.165, 1.54) is 5.56 Å². The van der Waals surface area contributed by atoms with Crippen LogP contribution in [0.5, 0.6) is 5.75 Å². The van der Waals surface area contributed by atoms with Crippen LogP contribution >= 0.6 is 0 Å². The van der Waals surface area contributed by atoms with E-state index in [1.807, 2.05) is 24.0 Å². The molecule has 0 N–H and O–H groups in total. The van der Waals surface area contributed by atoms with Crippen LogP contribution in [-0.2, 0) is 14.9 Å². The Bertz CT molecular complexity index is 679. The molecule has 3 atom stereocenters. The van der Waals surface area contributed by atoms with Crippen molar-refractivity contribution in [3.8, 4) is 5.75 Å². The van der Waals surface area contributed by atoms with Crippen molar-refractivity contribution in [2.45, 2.75) is 78.1 Å². The van der Waals surface area contributed by atoms with E-state index < -0.39 is 6.10 Å². The van der Waals surface area contributed by atoms with E-state index in [-0.39, 0.29) is 11.3 Å². The molecule has 0 bridgehead atoms. The highest BCUT2D eigenvalue weighted by molar-refractivity contribution is 5.81. The maximum absolute atomic E-state index is 12.9. The Balaban J connectivity index is 1.45. The van der Waals surface area contributed by atoms with Crippen LogP contribution in [0, 0.1) is 5.92 Å². The summed E-state index contributed by atoms with van der Waals surface area (Å²) in [5.41, 5.74) is 1.38. The number of benzene rings is 1. The van der Waals surface area contributed by atoms with E-state index in [1.54, 1.807) is 0 Å². The number of piperidine rings is 1. The number of ether oxygens (including phenoxy) is 2. The molecule has 5 nitrogen and oxygen atoms in total. The van der Waals surface area contributed by atoms with Gasteiger partial charge in [0.1, 0.15) is 5.75 Å². The number of carbonyl (C=O) groups is 1. The molecule has 1 aromatic carbocycles. The quantitative estimate of drug-likeness (QED) is 0.725. The highest BCUT2D eigenvalue weighted by Crippen LogP contribution is 2.25. The summed E-state index contributed by atoms with van der Waals surface area (Å²) in [5.74, 6) is 1.52. The molecule has 0 spiro atoms. The summed E-state index contributed by atoms with van der Waals surface area (Å²) < 4.78 is 11.8. The summed E-state index contributed by atoms with van der Waals surface area (Å²) in [4.78, 5) is 17.4. The molecule has 30 heavy (non-hydrogen) atoms. The summed E-state index contributed by atoms with van der Waals surface area (Å²) in [5, 5.41) is 0. The van der Waals surface area contributed by atoms with Gasteiger partial charge in [-0.1, -0.05) is 32.9 Å². The third-order valence-electron chi connectivity index (χ3n) is 6.32. The van der Waals surface area contributed by atoms with Crippen molar-refractivity contribution in [1.82, 2.24) is 9.80 Å². The van der Waals surface area contributed by atoms with Crippen molar-refractivity contribution in [3.05, 3.63) is 29.8 Å². The number of amides is 1. The van der Waals surface area contributed by atoms with Crippen LogP contribution in [0.25, 0.3) is 0 Å². The summed E-state index contributed by atoms with van der Waals surface area (Å²) in [6.45, 7) is 17.6. The van der Waals surface area contributed by atoms with Crippen molar-refractivity contribution in [2.24, 2.45) is 5.92 Å². The van der Waals surface area contributed by atoms with Crippen molar-refractivity contribution in [2.75, 3.05) is 32.7 Å². The van der Waals surface area contributed by atoms with E-state index >= 15 is 0 Å². The Morgan fingerprint density at radius 3 is 2.20 bits per heavy atom. The highest BCUT2D eigenvalue weighted by Gasteiger charge is 2.30. The van der Waals surface area contributed by atoms with E-state index in [4.69, 9.17) is 9.47 Å². The van der Waals surface area contributed by atoms with E-state index in [2.05, 4.69) is 51.7 Å². The number of morpholine rings is 1. The standard InChI is InChI=1S/C25H40N2O3/c1-18-15-26(16-19(2)29-18)17-21-11-13-27(14-12-21)24(28)20(3)30-23-9-7-22(8-10-23)25(4,5)6/h7-10,18-21H,11-17H2,1-6H3. The number of nitrogens with zero attached hydrogens (tertiary/aromatic N) is 2. The Kier molecular flexibility index (Phi) is 7.46. The number of hydrogen-bond acceptors (Lipinski definition) is 4. The average Bonchev–Trinajstić information content (AvgIpc) is 2.67. The van der Waals surface area contributed by atoms with Crippen LogP contribution < -0.4 is 4.74 Å². The average molecular weight is 417 g/mol. The van der Waals surface area contributed by atoms with Gasteiger partial charge in [-0.3, -0.25) is 9.69 Å². The molecule has 3 unspecified atom stereocenters. The topological polar surface area (TPSA) is 42.0 Å². The molecule has 2 heterocycles. The Morgan fingerprint density at radius 1 is 1.10 bits per heavy atom. The van der Waals surface area contributed by atoms with E-state index in [0.29, 0.717) is 18.1 Å². The smallest absolute Gasteiger partial charge is 0.263 e. The maximum atomic E-state index is 12.9. The molecule has 1 aromatic rings. The molecule has 2 fully saturated rings. The fraction of sp³-hybridized carbons (Fsp3) is 0.720. The minimum Gasteiger partial charge on any atom is -0.481 e. The first-order chi connectivity index (χ1) is 14.1. The van der Waals surface area contributed by atoms with Crippen LogP contribution in [0.1, 0.15) is 59.9 Å². The molecule has 0 radical (unpaired) electrons. The Hall–Kier alpha value is -1.59. The maximum Gasteiger partial charge on any atom is 0.263 e. The van der Waals surface area contributed by atoms with Gasteiger partial charge < -0.3 is 14.4 Å². The molecule has 1 amide bonds. The summed E-state index contributed by atoms with van der Waals surface area (Å²) in [6.07, 6.45) is 2.30. The van der Waals surface area contributed by atoms with Gasteiger partial charge in [-0.05, 0) is 62.6 Å². The third kappa shape index (κ3) is 6.21. The number of likely N-dealkylation sites (tertiary alicyclic amines) is 1. The molecule has 5 heteroatoms. The van der Waals surface area contributed by atoms with Crippen LogP contribution in [0.15, 0.2) is 24.3 Å². The SMILES string of the molecule is CC1CN(CC2CCN(C(=O)C(C)Oc3ccc(C(C)(C)C)cc3)CC2)CC(C)O1. The van der Waals surface area contributed by atoms with Crippen molar-refractivity contribution in [3.63, 3.8) is 0 Å². The van der Waals surface area contributed by atoms with Gasteiger partial charge in [0.2, 0.25) is 0 Å². The summed E-state index contributed by atoms with van der Waals surface area (Å²) >= 11 is 0. The predicted molar refractivity (Wildman–Crippen MR) is 121 cm³/mol. The van der Waals surface area contributed by atoms with Gasteiger partial charge in [0.05, 0.1) is 12.2 Å². The molecule has 0 saturated carbocycles. The normalized spacial score (nSPS) is 25.2. The van der Waals surface area contributed by atoms with Gasteiger partial charge in [-0.2, -0.15) is 0 Å². The molecule has 168 valence electrons. The Labute approximate surface area is 182 Å². The van der Waals surface area contributed by atoms with Gasteiger partial charge in [0.15, 0.2) is 6.10 Å². The van der Waals surface area contributed by atoms with Crippen molar-refractivity contribution < 1.29 is 14.3 Å². The number of rotatable bonds is 5. The lowest BCUT2D eigenvalue weighted by Crippen LogP contribution is -2.49. The van der Waals surface area contributed by atoms with Gasteiger partial charge in [-0.15, -0.1) is 0 Å². The second kappa shape index (κ2) is 9.69. The number of carbonyl (C=O) groups excluding carboxylic acids is 1. The van der Waals surface area contributed by atoms with Crippen LogP contribution in [0.3, 0.4) is 0 Å². The van der Waals surface area contributed by atoms with Gasteiger partial charge in [0.25, 0.3) is 5.91 Å². The summed E-state index contributed by atoms with van der Waals surface area (Å²) in [7, 11) is 0. The molecule has 0 aliphatic carbocycles. The second-order valence-electron chi connectivity index (χ2n) is 10.3. The minimum absolute atomic E-state index is 0.0990. The molecular formula is C25H40N2O3. The minimum atomic E-state index is -0.456. The van der Waals surface area contributed by atoms with Gasteiger partial charge >= 0.3 is 0 Å². The third-order valence-corrected chi connectivity index (χ3v) is 6.32. The predicted octanol–water partition coefficient (Wildman–Crippen LogP) is 4.10. The van der Waals surface area contributed by atoms with Gasteiger partial charge in [-0.25, -0.2) is 0 Å². The summed E-state index contributed by atoms with van der Waals surface area (Å²) in [6, 6.07) is 8.12. The van der Waals surface area contributed by atoms with Crippen molar-refractivity contribution in [1.29, 1.82) is 0 Å². The van der Waals surface area contributed by atoms with E-state index in [9.17, 15) is 4.79 Å². The lowest BCUT2D eigenvalue weighted by Gasteiger charge is -2.39. The lowest BCUT2D eigenvalue weighted by molar-refractivity contribution is -0.139. The Morgan fingerprint density at radius 2 is 1.67 bits per heavy atom. The molecular weight excluding hydrogens is 376 g/mol. The zero-order valence-electron chi connectivity index (χ0n) is 19.7. The van der Waals surface area contributed by atoms with Gasteiger partial charge in [0, 0.05) is 32.7 Å². The van der Waals surface area contributed by atoms with Crippen molar-refractivity contribution >= 4 is 5.91 Å². The fourth-order valence-electron chi connectivity index (χ4n) is 4.68. The fourth-order valence-corrected chi connectivity index (χ4v) is 4.68.